The number of primary amides is 1. The van der Waals surface area contributed by atoms with E-state index in [-0.39, 0.29) is 30.1 Å². The van der Waals surface area contributed by atoms with E-state index in [1.807, 2.05) is 31.2 Å². The predicted molar refractivity (Wildman–Crippen MR) is 278 cm³/mol. The molecule has 0 radical (unpaired) electrons. The van der Waals surface area contributed by atoms with Crippen molar-refractivity contribution in [3.05, 3.63) is 119 Å². The molecule has 0 aromatic heterocycles. The quantitative estimate of drug-likeness (QED) is 0.0755. The highest BCUT2D eigenvalue weighted by Gasteiger charge is 2.39. The van der Waals surface area contributed by atoms with E-state index in [2.05, 4.69) is 31.9 Å². The highest BCUT2D eigenvalue weighted by atomic mass is 16.5. The summed E-state index contributed by atoms with van der Waals surface area (Å²) in [5.41, 5.74) is 7.28. The van der Waals surface area contributed by atoms with Crippen LogP contribution in [-0.2, 0) is 54.3 Å². The SMILES string of the molecule is CCC/C=C/c1ccccc1/C=C\C(=O)NC1C(=O)N(C)/C(=C\c2ccc(O)cc2)C(=O)NC(CC(C)C)C(=O)NC(Cc2ccccc2)C(=O)NC(C(C)O)C(=O)NC(CC(N)=O)C(=O)NC(CO)C(=O)OC1C. The van der Waals surface area contributed by atoms with Gasteiger partial charge in [-0.05, 0) is 79.1 Å². The summed E-state index contributed by atoms with van der Waals surface area (Å²) in [6.07, 6.45) is 5.12. The normalized spacial score (nSPS) is 23.1. The van der Waals surface area contributed by atoms with Gasteiger partial charge in [0.2, 0.25) is 35.4 Å². The van der Waals surface area contributed by atoms with Crippen LogP contribution in [0.4, 0.5) is 0 Å². The van der Waals surface area contributed by atoms with Crippen molar-refractivity contribution in [3.8, 4) is 5.75 Å². The number of nitrogens with zero attached hydrogens (tertiary/aromatic N) is 1. The van der Waals surface area contributed by atoms with Crippen LogP contribution in [0.3, 0.4) is 0 Å². The van der Waals surface area contributed by atoms with Crippen molar-refractivity contribution in [1.82, 2.24) is 36.8 Å². The van der Waals surface area contributed by atoms with Gasteiger partial charge >= 0.3 is 5.97 Å². The highest BCUT2D eigenvalue weighted by molar-refractivity contribution is 6.05. The first-order chi connectivity index (χ1) is 35.6. The van der Waals surface area contributed by atoms with Crippen molar-refractivity contribution in [2.45, 2.75) is 115 Å². The summed E-state index contributed by atoms with van der Waals surface area (Å²) in [7, 11) is 1.19. The van der Waals surface area contributed by atoms with Crippen LogP contribution in [0.1, 0.15) is 82.6 Å². The Morgan fingerprint density at radius 2 is 1.36 bits per heavy atom. The number of aliphatic hydroxyl groups excluding tert-OH is 2. The summed E-state index contributed by atoms with van der Waals surface area (Å²) in [6, 6.07) is 10.8. The monoisotopic (exact) mass is 1040 g/mol. The van der Waals surface area contributed by atoms with Gasteiger partial charge in [0.05, 0.1) is 19.1 Å². The molecule has 1 heterocycles. The molecule has 0 saturated carbocycles. The van der Waals surface area contributed by atoms with Crippen LogP contribution in [0, 0.1) is 5.92 Å². The molecule has 1 saturated heterocycles. The molecule has 1 fully saturated rings. The summed E-state index contributed by atoms with van der Waals surface area (Å²) in [4.78, 5) is 127. The lowest BCUT2D eigenvalue weighted by Crippen LogP contribution is -2.62. The smallest absolute Gasteiger partial charge is 0.331 e. The number of nitrogens with one attached hydrogen (secondary N) is 6. The Balaban J connectivity index is 1.91. The molecule has 3 aromatic carbocycles. The number of amides is 8. The fourth-order valence-electron chi connectivity index (χ4n) is 7.69. The second kappa shape index (κ2) is 28.9. The van der Waals surface area contributed by atoms with Gasteiger partial charge in [-0.15, -0.1) is 0 Å². The number of likely N-dealkylation sites (N-methyl/N-ethyl adjacent to an activating group) is 1. The number of benzene rings is 3. The average Bonchev–Trinajstić information content (AvgIpc) is 3.36. The number of hydrogen-bond donors (Lipinski definition) is 10. The second-order valence-corrected chi connectivity index (χ2v) is 18.4. The zero-order valence-electron chi connectivity index (χ0n) is 42.8. The Morgan fingerprint density at radius 1 is 0.773 bits per heavy atom. The molecular formula is C54H68N8O13. The van der Waals surface area contributed by atoms with Gasteiger partial charge in [-0.2, -0.15) is 0 Å². The molecular weight excluding hydrogens is 969 g/mol. The maximum Gasteiger partial charge on any atom is 0.331 e. The minimum absolute atomic E-state index is 0.0228. The summed E-state index contributed by atoms with van der Waals surface area (Å²) < 4.78 is 5.63. The molecule has 0 spiro atoms. The van der Waals surface area contributed by atoms with Crippen molar-refractivity contribution >= 4 is 71.5 Å². The predicted octanol–water partition coefficient (Wildman–Crippen LogP) is 1.11. The molecule has 8 atom stereocenters. The third-order valence-electron chi connectivity index (χ3n) is 11.7. The minimum atomic E-state index is -1.94. The molecule has 8 amide bonds. The molecule has 402 valence electrons. The zero-order valence-corrected chi connectivity index (χ0v) is 42.8. The number of phenolic OH excluding ortho intramolecular Hbond substituents is 1. The average molecular weight is 1040 g/mol. The second-order valence-electron chi connectivity index (χ2n) is 18.4. The Kier molecular flexibility index (Phi) is 22.9. The number of carbonyl (C=O) groups excluding carboxylic acids is 9. The lowest BCUT2D eigenvalue weighted by Gasteiger charge is -2.31. The largest absolute Gasteiger partial charge is 0.508 e. The molecule has 3 aromatic rings. The van der Waals surface area contributed by atoms with E-state index in [0.717, 1.165) is 36.3 Å². The van der Waals surface area contributed by atoms with Crippen LogP contribution in [0.25, 0.3) is 18.2 Å². The highest BCUT2D eigenvalue weighted by Crippen LogP contribution is 2.19. The number of hydrogen-bond acceptors (Lipinski definition) is 13. The maximum atomic E-state index is 14.9. The van der Waals surface area contributed by atoms with Gasteiger partial charge in [-0.3, -0.25) is 38.4 Å². The van der Waals surface area contributed by atoms with Crippen LogP contribution >= 0.6 is 0 Å². The number of unbranched alkanes of at least 4 members (excludes halogenated alkanes) is 1. The van der Waals surface area contributed by atoms with E-state index in [9.17, 15) is 58.5 Å². The fourth-order valence-corrected chi connectivity index (χ4v) is 7.69. The number of cyclic esters (lactones) is 1. The summed E-state index contributed by atoms with van der Waals surface area (Å²) in [5.74, 6) is -10.1. The molecule has 75 heavy (non-hydrogen) atoms. The first-order valence-electron chi connectivity index (χ1n) is 24.5. The van der Waals surface area contributed by atoms with Crippen molar-refractivity contribution < 1.29 is 63.2 Å². The van der Waals surface area contributed by atoms with Gasteiger partial charge in [0, 0.05) is 19.5 Å². The Hall–Kier alpha value is -8.17. The number of aliphatic hydroxyl groups is 2. The van der Waals surface area contributed by atoms with Crippen LogP contribution in [-0.4, -0.2) is 136 Å². The first-order valence-corrected chi connectivity index (χ1v) is 24.5. The van der Waals surface area contributed by atoms with E-state index in [1.54, 1.807) is 56.3 Å². The van der Waals surface area contributed by atoms with Crippen LogP contribution in [0.2, 0.25) is 0 Å². The summed E-state index contributed by atoms with van der Waals surface area (Å²) >= 11 is 0. The van der Waals surface area contributed by atoms with Crippen LogP contribution < -0.4 is 37.6 Å². The molecule has 0 bridgehead atoms. The van der Waals surface area contributed by atoms with E-state index < -0.39 is 120 Å². The molecule has 8 unspecified atom stereocenters. The fraction of sp³-hybridized carbons (Fsp3) is 0.389. The van der Waals surface area contributed by atoms with Crippen LogP contribution in [0.5, 0.6) is 5.75 Å². The molecule has 11 N–H and O–H groups in total. The van der Waals surface area contributed by atoms with Crippen LogP contribution in [0.15, 0.2) is 96.7 Å². The standard InChI is InChI=1S/C54H68N8O13/c1-7-8-10-17-36-18-13-14-19-37(36)22-25-45(67)60-47-33(5)75-54(74)42(30-63)59-49(69)41(29-44(55)66)58-52(72)46(32(4)64)61-50(70)40(27-34-15-11-9-12-16-34)56-48(68)39(26-31(2)3)57-51(71)43(62(6)53(47)73)28-35-20-23-38(65)24-21-35/h9-25,28,31-33,39-42,46-47,63-65H,7-8,26-27,29-30H2,1-6H3,(H2,55,66)(H,56,68)(H,57,71)(H,58,72)(H,59,69)(H,60,67)(H,61,70)/b17-10+,25-22-,43-28-. The number of nitrogens with two attached hydrogens (primary N) is 1. The summed E-state index contributed by atoms with van der Waals surface area (Å²) in [5, 5.41) is 46.0. The number of carbonyl (C=O) groups is 9. The number of allylic oxidation sites excluding steroid dienone is 1. The lowest BCUT2D eigenvalue weighted by atomic mass is 10.00. The van der Waals surface area contributed by atoms with Crippen molar-refractivity contribution in [3.63, 3.8) is 0 Å². The number of esters is 1. The van der Waals surface area contributed by atoms with Gasteiger partial charge in [0.25, 0.3) is 11.8 Å². The van der Waals surface area contributed by atoms with E-state index in [0.29, 0.717) is 11.1 Å². The van der Waals surface area contributed by atoms with Gasteiger partial charge in [0.1, 0.15) is 47.8 Å². The Bertz CT molecular complexity index is 2600. The molecule has 21 heteroatoms. The molecule has 0 aliphatic carbocycles. The van der Waals surface area contributed by atoms with Crippen molar-refractivity contribution in [2.24, 2.45) is 11.7 Å². The first kappa shape index (κ1) is 59.4. The lowest BCUT2D eigenvalue weighted by molar-refractivity contribution is -0.157. The molecule has 21 nitrogen and oxygen atoms in total. The van der Waals surface area contributed by atoms with Crippen molar-refractivity contribution in [2.75, 3.05) is 13.7 Å². The number of phenols is 1. The van der Waals surface area contributed by atoms with Gasteiger partial charge in [-0.1, -0.05) is 106 Å². The van der Waals surface area contributed by atoms with Gasteiger partial charge < -0.3 is 62.6 Å². The van der Waals surface area contributed by atoms with E-state index >= 15 is 0 Å². The van der Waals surface area contributed by atoms with Crippen molar-refractivity contribution in [1.29, 1.82) is 0 Å². The third kappa shape index (κ3) is 18.4. The Morgan fingerprint density at radius 3 is 1.96 bits per heavy atom. The van der Waals surface area contributed by atoms with E-state index in [4.69, 9.17) is 10.5 Å². The third-order valence-corrected chi connectivity index (χ3v) is 11.7. The Labute approximate surface area is 435 Å². The topological polar surface area (TPSA) is 325 Å². The zero-order chi connectivity index (χ0) is 55.4. The van der Waals surface area contributed by atoms with Gasteiger partial charge in [-0.25, -0.2) is 4.79 Å². The summed E-state index contributed by atoms with van der Waals surface area (Å²) in [6.45, 7) is 6.80. The molecule has 4 rings (SSSR count). The number of aromatic hydroxyl groups is 1. The number of ether oxygens (including phenoxy) is 1. The minimum Gasteiger partial charge on any atom is -0.508 e. The molecule has 1 aliphatic heterocycles. The van der Waals surface area contributed by atoms with Gasteiger partial charge in [0.15, 0.2) is 6.04 Å². The maximum absolute atomic E-state index is 14.9. The number of rotatable bonds is 15. The van der Waals surface area contributed by atoms with E-state index in [1.165, 1.54) is 50.4 Å². The molecule has 1 aliphatic rings.